The molecular formula is C17H32N4O4S. The number of hydrogen-bond acceptors (Lipinski definition) is 5. The van der Waals surface area contributed by atoms with E-state index in [1.54, 1.807) is 4.90 Å². The topological polar surface area (TPSA) is 90.0 Å². The highest BCUT2D eigenvalue weighted by atomic mass is 32.2. The van der Waals surface area contributed by atoms with Crippen LogP contribution < -0.4 is 5.32 Å². The number of nitrogens with zero attached hydrogens (tertiary/aromatic N) is 3. The molecule has 150 valence electrons. The van der Waals surface area contributed by atoms with E-state index in [1.807, 2.05) is 18.7 Å². The van der Waals surface area contributed by atoms with Crippen molar-refractivity contribution in [2.75, 3.05) is 51.6 Å². The zero-order chi connectivity index (χ0) is 19.2. The second-order valence-electron chi connectivity index (χ2n) is 7.04. The van der Waals surface area contributed by atoms with Gasteiger partial charge in [0.2, 0.25) is 21.8 Å². The van der Waals surface area contributed by atoms with Crippen molar-refractivity contribution >= 4 is 21.8 Å². The highest BCUT2D eigenvalue weighted by Gasteiger charge is 2.40. The van der Waals surface area contributed by atoms with Crippen molar-refractivity contribution in [2.24, 2.45) is 0 Å². The van der Waals surface area contributed by atoms with Crippen molar-refractivity contribution < 1.29 is 18.0 Å². The zero-order valence-electron chi connectivity index (χ0n) is 15.9. The van der Waals surface area contributed by atoms with Crippen LogP contribution in [0, 0.1) is 0 Å². The van der Waals surface area contributed by atoms with E-state index < -0.39 is 16.1 Å². The van der Waals surface area contributed by atoms with E-state index in [2.05, 4.69) is 5.32 Å². The van der Waals surface area contributed by atoms with Crippen LogP contribution in [0.2, 0.25) is 0 Å². The van der Waals surface area contributed by atoms with E-state index in [9.17, 15) is 18.0 Å². The van der Waals surface area contributed by atoms with Crippen molar-refractivity contribution in [3.05, 3.63) is 0 Å². The number of carbonyl (C=O) groups excluding carboxylic acids is 2. The van der Waals surface area contributed by atoms with E-state index in [0.717, 1.165) is 12.8 Å². The molecule has 0 aliphatic carbocycles. The van der Waals surface area contributed by atoms with Crippen molar-refractivity contribution in [1.29, 1.82) is 0 Å². The molecule has 1 atom stereocenters. The largest absolute Gasteiger partial charge is 0.355 e. The van der Waals surface area contributed by atoms with Crippen molar-refractivity contribution in [3.8, 4) is 0 Å². The number of rotatable bonds is 8. The van der Waals surface area contributed by atoms with Gasteiger partial charge in [-0.25, -0.2) is 8.42 Å². The van der Waals surface area contributed by atoms with Crippen LogP contribution in [-0.2, 0) is 19.6 Å². The Morgan fingerprint density at radius 2 is 1.73 bits per heavy atom. The third-order valence-corrected chi connectivity index (χ3v) is 7.01. The van der Waals surface area contributed by atoms with E-state index in [0.29, 0.717) is 58.7 Å². The maximum Gasteiger partial charge on any atom is 0.241 e. The van der Waals surface area contributed by atoms with Crippen LogP contribution in [0.5, 0.6) is 0 Å². The molecule has 9 heteroatoms. The van der Waals surface area contributed by atoms with Gasteiger partial charge in [-0.05, 0) is 25.7 Å². The minimum atomic E-state index is -3.36. The summed E-state index contributed by atoms with van der Waals surface area (Å²) in [7, 11) is -3.36. The molecule has 0 aromatic heterocycles. The van der Waals surface area contributed by atoms with Gasteiger partial charge in [0.25, 0.3) is 0 Å². The molecule has 0 radical (unpaired) electrons. The molecule has 8 nitrogen and oxygen atoms in total. The van der Waals surface area contributed by atoms with E-state index in [4.69, 9.17) is 0 Å². The predicted molar refractivity (Wildman–Crippen MR) is 100 cm³/mol. The lowest BCUT2D eigenvalue weighted by molar-refractivity contribution is -0.136. The highest BCUT2D eigenvalue weighted by molar-refractivity contribution is 7.89. The molecular weight excluding hydrogens is 356 g/mol. The number of hydrogen-bond donors (Lipinski definition) is 1. The Balaban J connectivity index is 1.86. The Kier molecular flexibility index (Phi) is 7.85. The molecule has 2 rings (SSSR count). The van der Waals surface area contributed by atoms with Gasteiger partial charge in [0.05, 0.1) is 12.3 Å². The van der Waals surface area contributed by atoms with Crippen LogP contribution in [0.25, 0.3) is 0 Å². The van der Waals surface area contributed by atoms with E-state index in [-0.39, 0.29) is 17.6 Å². The van der Waals surface area contributed by atoms with Gasteiger partial charge in [0, 0.05) is 39.3 Å². The zero-order valence-corrected chi connectivity index (χ0v) is 16.8. The monoisotopic (exact) mass is 388 g/mol. The Hall–Kier alpha value is -1.19. The highest BCUT2D eigenvalue weighted by Crippen LogP contribution is 2.24. The van der Waals surface area contributed by atoms with E-state index >= 15 is 0 Å². The smallest absolute Gasteiger partial charge is 0.241 e. The molecule has 1 N–H and O–H groups in total. The molecule has 2 saturated heterocycles. The Morgan fingerprint density at radius 3 is 2.35 bits per heavy atom. The molecule has 26 heavy (non-hydrogen) atoms. The second kappa shape index (κ2) is 9.66. The quantitative estimate of drug-likeness (QED) is 0.625. The van der Waals surface area contributed by atoms with Crippen LogP contribution in [0.1, 0.15) is 39.5 Å². The summed E-state index contributed by atoms with van der Waals surface area (Å²) in [4.78, 5) is 28.4. The summed E-state index contributed by atoms with van der Waals surface area (Å²) in [5, 5.41) is 2.86. The number of sulfonamides is 1. The molecule has 0 saturated carbocycles. The van der Waals surface area contributed by atoms with Crippen LogP contribution in [0.15, 0.2) is 0 Å². The second-order valence-corrected chi connectivity index (χ2v) is 9.08. The van der Waals surface area contributed by atoms with Crippen LogP contribution in [0.3, 0.4) is 0 Å². The number of carbonyl (C=O) groups is 2. The Bertz CT molecular complexity index is 588. The van der Waals surface area contributed by atoms with Gasteiger partial charge >= 0.3 is 0 Å². The summed E-state index contributed by atoms with van der Waals surface area (Å²) in [6.45, 7) is 7.67. The summed E-state index contributed by atoms with van der Waals surface area (Å²) in [6, 6.07) is -0.550. The molecule has 2 amide bonds. The molecule has 2 fully saturated rings. The van der Waals surface area contributed by atoms with Crippen LogP contribution in [-0.4, -0.2) is 91.9 Å². The third-order valence-electron chi connectivity index (χ3n) is 4.93. The van der Waals surface area contributed by atoms with Crippen molar-refractivity contribution in [1.82, 2.24) is 19.4 Å². The standard InChI is InChI=1S/C17H32N4O4S/c1-3-7-18-16(22)14-19-9-11-20(12-10-19)17(23)15-6-5-8-21(15)26(24,25)13-4-2/h15H,3-14H2,1-2H3,(H,18,22). The number of amides is 2. The molecule has 2 aliphatic rings. The number of piperazine rings is 1. The summed E-state index contributed by atoms with van der Waals surface area (Å²) < 4.78 is 26.2. The third kappa shape index (κ3) is 5.40. The number of nitrogens with one attached hydrogen (secondary N) is 1. The fourth-order valence-electron chi connectivity index (χ4n) is 3.56. The first kappa shape index (κ1) is 21.1. The van der Waals surface area contributed by atoms with Gasteiger partial charge in [-0.15, -0.1) is 0 Å². The lowest BCUT2D eigenvalue weighted by Gasteiger charge is -2.36. The molecule has 2 aliphatic heterocycles. The first-order valence-corrected chi connectivity index (χ1v) is 11.3. The average Bonchev–Trinajstić information content (AvgIpc) is 3.11. The molecule has 0 spiro atoms. The summed E-state index contributed by atoms with van der Waals surface area (Å²) >= 11 is 0. The van der Waals surface area contributed by atoms with Gasteiger partial charge < -0.3 is 10.2 Å². The molecule has 0 aromatic carbocycles. The first-order chi connectivity index (χ1) is 12.4. The maximum absolute atomic E-state index is 12.9. The average molecular weight is 389 g/mol. The summed E-state index contributed by atoms with van der Waals surface area (Å²) in [6.07, 6.45) is 2.80. The van der Waals surface area contributed by atoms with Gasteiger partial charge in [0.1, 0.15) is 6.04 Å². The van der Waals surface area contributed by atoms with E-state index in [1.165, 1.54) is 4.31 Å². The van der Waals surface area contributed by atoms with Gasteiger partial charge in [-0.3, -0.25) is 14.5 Å². The van der Waals surface area contributed by atoms with Crippen molar-refractivity contribution in [3.63, 3.8) is 0 Å². The lowest BCUT2D eigenvalue weighted by atomic mass is 10.2. The van der Waals surface area contributed by atoms with Gasteiger partial charge in [0.15, 0.2) is 0 Å². The van der Waals surface area contributed by atoms with Gasteiger partial charge in [-0.1, -0.05) is 13.8 Å². The Morgan fingerprint density at radius 1 is 1.04 bits per heavy atom. The summed E-state index contributed by atoms with van der Waals surface area (Å²) in [5.41, 5.74) is 0. The predicted octanol–water partition coefficient (Wildman–Crippen LogP) is -0.139. The maximum atomic E-state index is 12.9. The summed E-state index contributed by atoms with van der Waals surface area (Å²) in [5.74, 6) is 0.0220. The molecule has 1 unspecified atom stereocenters. The molecule has 0 bridgehead atoms. The molecule has 2 heterocycles. The normalized spacial score (nSPS) is 22.5. The minimum absolute atomic E-state index is 0.0132. The van der Waals surface area contributed by atoms with Crippen molar-refractivity contribution in [2.45, 2.75) is 45.6 Å². The fourth-order valence-corrected chi connectivity index (χ4v) is 5.30. The molecule has 0 aromatic rings. The fraction of sp³-hybridized carbons (Fsp3) is 0.882. The Labute approximate surface area is 156 Å². The lowest BCUT2D eigenvalue weighted by Crippen LogP contribution is -2.55. The van der Waals surface area contributed by atoms with Crippen LogP contribution >= 0.6 is 0 Å². The van der Waals surface area contributed by atoms with Crippen LogP contribution in [0.4, 0.5) is 0 Å². The SMILES string of the molecule is CCCNC(=O)CN1CCN(C(=O)C2CCCN2S(=O)(=O)CCC)CC1. The first-order valence-electron chi connectivity index (χ1n) is 9.66. The van der Waals surface area contributed by atoms with Gasteiger partial charge in [-0.2, -0.15) is 4.31 Å². The minimum Gasteiger partial charge on any atom is -0.355 e.